The molecular formula is C24H21Cl2N3O4. The highest BCUT2D eigenvalue weighted by atomic mass is 35.5. The molecule has 1 aromatic heterocycles. The number of amides is 1. The van der Waals surface area contributed by atoms with Crippen LogP contribution in [0.3, 0.4) is 0 Å². The van der Waals surface area contributed by atoms with E-state index in [1.807, 2.05) is 10.8 Å². The Kier molecular flexibility index (Phi) is 6.72. The molecule has 1 saturated heterocycles. The summed E-state index contributed by atoms with van der Waals surface area (Å²) in [5, 5.41) is 11.7. The van der Waals surface area contributed by atoms with Crippen molar-refractivity contribution in [2.45, 2.75) is 19.0 Å². The van der Waals surface area contributed by atoms with E-state index in [1.54, 1.807) is 55.0 Å². The van der Waals surface area contributed by atoms with E-state index in [1.165, 1.54) is 12.0 Å². The second kappa shape index (κ2) is 9.68. The van der Waals surface area contributed by atoms with Gasteiger partial charge in [-0.25, -0.2) is 4.98 Å². The molecule has 0 spiro atoms. The number of aliphatic hydroxyl groups excluding tert-OH is 1. The first-order chi connectivity index (χ1) is 15.9. The van der Waals surface area contributed by atoms with Gasteiger partial charge in [-0.05, 0) is 48.4 Å². The topological polar surface area (TPSA) is 84.7 Å². The Labute approximate surface area is 200 Å². The number of aliphatic hydroxyl groups is 1. The van der Waals surface area contributed by atoms with Crippen LogP contribution >= 0.6 is 23.2 Å². The molecule has 0 bridgehead atoms. The Morgan fingerprint density at radius 2 is 1.85 bits per heavy atom. The molecule has 33 heavy (non-hydrogen) atoms. The lowest BCUT2D eigenvalue weighted by atomic mass is 9.95. The monoisotopic (exact) mass is 485 g/mol. The average Bonchev–Trinajstić information content (AvgIpc) is 3.43. The number of ketones is 1. The van der Waals surface area contributed by atoms with Crippen LogP contribution in [0, 0.1) is 0 Å². The van der Waals surface area contributed by atoms with Crippen LogP contribution in [0.5, 0.6) is 5.75 Å². The standard InChI is InChI=1S/C24H21Cl2N3O4/c1-33-17-6-3-15(4-7-17)22(30)20-21(16-5-8-18(25)19(26)13-16)29(24(32)23(20)31)11-2-10-28-12-9-27-14-28/h3-9,12-14,21,30H,2,10-11H2,1H3/b22-20-. The molecule has 2 aromatic carbocycles. The number of hydrogen-bond acceptors (Lipinski definition) is 5. The summed E-state index contributed by atoms with van der Waals surface area (Å²) in [6.45, 7) is 0.919. The molecule has 0 saturated carbocycles. The summed E-state index contributed by atoms with van der Waals surface area (Å²) in [5.74, 6) is -1.08. The van der Waals surface area contributed by atoms with E-state index in [-0.39, 0.29) is 11.3 Å². The molecule has 1 unspecified atom stereocenters. The van der Waals surface area contributed by atoms with Crippen LogP contribution in [0.25, 0.3) is 5.76 Å². The number of carbonyl (C=O) groups is 2. The largest absolute Gasteiger partial charge is 0.507 e. The predicted molar refractivity (Wildman–Crippen MR) is 125 cm³/mol. The second-order valence-corrected chi connectivity index (χ2v) is 8.36. The van der Waals surface area contributed by atoms with Crippen molar-refractivity contribution >= 4 is 40.7 Å². The highest BCUT2D eigenvalue weighted by Gasteiger charge is 2.45. The number of benzene rings is 2. The van der Waals surface area contributed by atoms with E-state index in [2.05, 4.69) is 4.98 Å². The van der Waals surface area contributed by atoms with Crippen LogP contribution in [0.1, 0.15) is 23.6 Å². The highest BCUT2D eigenvalue weighted by Crippen LogP contribution is 2.41. The van der Waals surface area contributed by atoms with Crippen molar-refractivity contribution in [2.24, 2.45) is 0 Å². The molecule has 1 atom stereocenters. The maximum atomic E-state index is 13.1. The third kappa shape index (κ3) is 4.60. The fourth-order valence-electron chi connectivity index (χ4n) is 3.89. The number of aryl methyl sites for hydroxylation is 1. The Bertz CT molecular complexity index is 1210. The second-order valence-electron chi connectivity index (χ2n) is 7.55. The summed E-state index contributed by atoms with van der Waals surface area (Å²) >= 11 is 12.3. The van der Waals surface area contributed by atoms with Crippen molar-refractivity contribution in [2.75, 3.05) is 13.7 Å². The van der Waals surface area contributed by atoms with Crippen molar-refractivity contribution < 1.29 is 19.4 Å². The van der Waals surface area contributed by atoms with Gasteiger partial charge in [-0.1, -0.05) is 29.3 Å². The zero-order chi connectivity index (χ0) is 23.5. The molecule has 0 radical (unpaired) electrons. The van der Waals surface area contributed by atoms with E-state index in [9.17, 15) is 14.7 Å². The normalized spacial score (nSPS) is 17.5. The maximum absolute atomic E-state index is 13.1. The third-order valence-corrected chi connectivity index (χ3v) is 6.28. The molecule has 1 aliphatic rings. The smallest absolute Gasteiger partial charge is 0.295 e. The number of methoxy groups -OCH3 is 1. The molecule has 9 heteroatoms. The number of nitrogens with zero attached hydrogens (tertiary/aromatic N) is 3. The first kappa shape index (κ1) is 22.9. The van der Waals surface area contributed by atoms with E-state index < -0.39 is 17.7 Å². The first-order valence-electron chi connectivity index (χ1n) is 10.2. The van der Waals surface area contributed by atoms with Gasteiger partial charge in [0.2, 0.25) is 0 Å². The Morgan fingerprint density at radius 1 is 1.09 bits per heavy atom. The summed E-state index contributed by atoms with van der Waals surface area (Å²) in [7, 11) is 1.54. The summed E-state index contributed by atoms with van der Waals surface area (Å²) in [6.07, 6.45) is 5.78. The van der Waals surface area contributed by atoms with Gasteiger partial charge in [0.15, 0.2) is 0 Å². The molecule has 2 heterocycles. The van der Waals surface area contributed by atoms with Crippen molar-refractivity contribution in [1.29, 1.82) is 0 Å². The van der Waals surface area contributed by atoms with Crippen molar-refractivity contribution in [3.63, 3.8) is 0 Å². The molecule has 1 amide bonds. The zero-order valence-electron chi connectivity index (χ0n) is 17.7. The van der Waals surface area contributed by atoms with Crippen LogP contribution in [0.4, 0.5) is 0 Å². The SMILES string of the molecule is COc1ccc(/C(O)=C2/C(=O)C(=O)N(CCCn3ccnc3)C2c2ccc(Cl)c(Cl)c2)cc1. The van der Waals surface area contributed by atoms with Gasteiger partial charge < -0.3 is 19.3 Å². The van der Waals surface area contributed by atoms with Crippen molar-refractivity contribution in [1.82, 2.24) is 14.5 Å². The van der Waals surface area contributed by atoms with Crippen molar-refractivity contribution in [3.05, 3.63) is 87.9 Å². The number of carbonyl (C=O) groups excluding carboxylic acids is 2. The van der Waals surface area contributed by atoms with E-state index in [0.29, 0.717) is 46.4 Å². The van der Waals surface area contributed by atoms with E-state index in [4.69, 9.17) is 27.9 Å². The van der Waals surface area contributed by atoms with Crippen LogP contribution < -0.4 is 4.74 Å². The summed E-state index contributed by atoms with van der Waals surface area (Å²) < 4.78 is 7.05. The lowest BCUT2D eigenvalue weighted by Gasteiger charge is -2.25. The third-order valence-electron chi connectivity index (χ3n) is 5.54. The van der Waals surface area contributed by atoms with Gasteiger partial charge in [-0.3, -0.25) is 9.59 Å². The number of imidazole rings is 1. The summed E-state index contributed by atoms with van der Waals surface area (Å²) in [6, 6.07) is 10.7. The van der Waals surface area contributed by atoms with E-state index >= 15 is 0 Å². The first-order valence-corrected chi connectivity index (χ1v) is 11.0. The lowest BCUT2D eigenvalue weighted by Crippen LogP contribution is -2.31. The fraction of sp³-hybridized carbons (Fsp3) is 0.208. The molecule has 170 valence electrons. The molecule has 0 aliphatic carbocycles. The number of aromatic nitrogens is 2. The number of likely N-dealkylation sites (tertiary alicyclic amines) is 1. The van der Waals surface area contributed by atoms with Gasteiger partial charge in [-0.15, -0.1) is 0 Å². The molecule has 1 aliphatic heterocycles. The number of Topliss-reactive ketones (excluding diaryl/α,β-unsaturated/α-hetero) is 1. The Morgan fingerprint density at radius 3 is 2.48 bits per heavy atom. The molecule has 3 aromatic rings. The molecule has 1 N–H and O–H groups in total. The van der Waals surface area contributed by atoms with Gasteiger partial charge in [0, 0.05) is 31.0 Å². The van der Waals surface area contributed by atoms with Gasteiger partial charge in [-0.2, -0.15) is 0 Å². The minimum absolute atomic E-state index is 0.00573. The van der Waals surface area contributed by atoms with Crippen molar-refractivity contribution in [3.8, 4) is 5.75 Å². The van der Waals surface area contributed by atoms with Gasteiger partial charge >= 0.3 is 0 Å². The molecule has 1 fully saturated rings. The molecule has 4 rings (SSSR count). The van der Waals surface area contributed by atoms with Gasteiger partial charge in [0.05, 0.1) is 35.1 Å². The van der Waals surface area contributed by atoms with Gasteiger partial charge in [0.25, 0.3) is 11.7 Å². The average molecular weight is 486 g/mol. The maximum Gasteiger partial charge on any atom is 0.295 e. The van der Waals surface area contributed by atoms with Gasteiger partial charge in [0.1, 0.15) is 11.5 Å². The zero-order valence-corrected chi connectivity index (χ0v) is 19.3. The Hall–Kier alpha value is -3.29. The van der Waals surface area contributed by atoms with Crippen LogP contribution in [-0.4, -0.2) is 44.9 Å². The number of ether oxygens (including phenoxy) is 1. The fourth-order valence-corrected chi connectivity index (χ4v) is 4.19. The molecule has 7 nitrogen and oxygen atoms in total. The lowest BCUT2D eigenvalue weighted by molar-refractivity contribution is -0.139. The van der Waals surface area contributed by atoms with Crippen LogP contribution in [-0.2, 0) is 16.1 Å². The number of rotatable bonds is 7. The minimum atomic E-state index is -0.801. The Balaban J connectivity index is 1.74. The van der Waals surface area contributed by atoms with E-state index in [0.717, 1.165) is 0 Å². The quantitative estimate of drug-likeness (QED) is 0.297. The van der Waals surface area contributed by atoms with Crippen LogP contribution in [0.2, 0.25) is 10.0 Å². The van der Waals surface area contributed by atoms with Crippen LogP contribution in [0.15, 0.2) is 66.8 Å². The predicted octanol–water partition coefficient (Wildman–Crippen LogP) is 4.71. The number of hydrogen-bond donors (Lipinski definition) is 1. The summed E-state index contributed by atoms with van der Waals surface area (Å²) in [5.41, 5.74) is 0.991. The number of halogens is 2. The minimum Gasteiger partial charge on any atom is -0.507 e. The highest BCUT2D eigenvalue weighted by molar-refractivity contribution is 6.46. The summed E-state index contributed by atoms with van der Waals surface area (Å²) in [4.78, 5) is 31.6. The molecular weight excluding hydrogens is 465 g/mol.